The molecule has 0 aromatic heterocycles. The van der Waals surface area contributed by atoms with Crippen molar-refractivity contribution in [3.63, 3.8) is 0 Å². The van der Waals surface area contributed by atoms with Crippen LogP contribution in [-0.2, 0) is 0 Å². The largest absolute Gasteiger partial charge is 0.495 e. The van der Waals surface area contributed by atoms with Crippen molar-refractivity contribution in [3.8, 4) is 5.75 Å². The van der Waals surface area contributed by atoms with Crippen molar-refractivity contribution in [1.82, 2.24) is 0 Å². The van der Waals surface area contributed by atoms with Crippen molar-refractivity contribution in [2.75, 3.05) is 31.4 Å². The summed E-state index contributed by atoms with van der Waals surface area (Å²) in [6.45, 7) is 2.08. The van der Waals surface area contributed by atoms with Gasteiger partial charge in [0.2, 0.25) is 0 Å². The van der Waals surface area contributed by atoms with E-state index in [-0.39, 0.29) is 0 Å². The van der Waals surface area contributed by atoms with Crippen LogP contribution in [0.4, 0.5) is 17.1 Å². The van der Waals surface area contributed by atoms with Gasteiger partial charge in [-0.25, -0.2) is 0 Å². The van der Waals surface area contributed by atoms with Gasteiger partial charge in [-0.3, -0.25) is 0 Å². The molecule has 0 saturated heterocycles. The minimum absolute atomic E-state index is 0.878. The van der Waals surface area contributed by atoms with Crippen LogP contribution in [0.3, 0.4) is 0 Å². The molecule has 19 heavy (non-hydrogen) atoms. The second-order valence-electron chi connectivity index (χ2n) is 4.53. The van der Waals surface area contributed by atoms with Crippen LogP contribution in [0, 0.1) is 6.92 Å². The van der Waals surface area contributed by atoms with Gasteiger partial charge in [0.15, 0.2) is 0 Å². The first-order valence-corrected chi connectivity index (χ1v) is 6.32. The smallest absolute Gasteiger partial charge is 0.142 e. The molecule has 0 aliphatic carbocycles. The number of anilines is 3. The summed E-state index contributed by atoms with van der Waals surface area (Å²) < 4.78 is 5.44. The number of hydrogen-bond acceptors (Lipinski definition) is 3. The molecule has 0 heterocycles. The molecule has 0 radical (unpaired) electrons. The lowest BCUT2D eigenvalue weighted by Gasteiger charge is -2.23. The number of rotatable bonds is 4. The van der Waals surface area contributed by atoms with Gasteiger partial charge in [-0.2, -0.15) is 0 Å². The number of methoxy groups -OCH3 is 1. The van der Waals surface area contributed by atoms with E-state index in [1.54, 1.807) is 7.11 Å². The number of benzene rings is 2. The van der Waals surface area contributed by atoms with E-state index in [0.717, 1.165) is 22.8 Å². The molecule has 0 atom stereocenters. The molecule has 2 aromatic rings. The highest BCUT2D eigenvalue weighted by molar-refractivity contribution is 5.71. The van der Waals surface area contributed by atoms with Crippen molar-refractivity contribution in [2.45, 2.75) is 6.92 Å². The molecule has 0 fully saturated rings. The van der Waals surface area contributed by atoms with E-state index in [1.165, 1.54) is 5.56 Å². The maximum atomic E-state index is 5.44. The average molecular weight is 256 g/mol. The molecule has 0 aliphatic heterocycles. The fourth-order valence-electron chi connectivity index (χ4n) is 2.07. The van der Waals surface area contributed by atoms with Gasteiger partial charge in [0.05, 0.1) is 12.8 Å². The Kier molecular flexibility index (Phi) is 3.95. The number of aryl methyl sites for hydroxylation is 1. The predicted molar refractivity (Wildman–Crippen MR) is 81.8 cm³/mol. The first kappa shape index (κ1) is 13.3. The second-order valence-corrected chi connectivity index (χ2v) is 4.53. The minimum atomic E-state index is 0.878. The topological polar surface area (TPSA) is 24.5 Å². The van der Waals surface area contributed by atoms with Crippen LogP contribution < -0.4 is 15.0 Å². The van der Waals surface area contributed by atoms with E-state index in [4.69, 9.17) is 4.74 Å². The maximum absolute atomic E-state index is 5.44. The van der Waals surface area contributed by atoms with Gasteiger partial charge >= 0.3 is 0 Å². The summed E-state index contributed by atoms with van der Waals surface area (Å²) in [5.41, 5.74) is 4.50. The highest BCUT2D eigenvalue weighted by Gasteiger charge is 2.10. The third kappa shape index (κ3) is 2.81. The number of nitrogens with zero attached hydrogens (tertiary/aromatic N) is 1. The molecule has 0 unspecified atom stereocenters. The zero-order valence-corrected chi connectivity index (χ0v) is 11.9. The highest BCUT2D eigenvalue weighted by atomic mass is 16.5. The third-order valence-corrected chi connectivity index (χ3v) is 3.22. The van der Waals surface area contributed by atoms with Gasteiger partial charge in [-0.15, -0.1) is 0 Å². The number of nitrogens with one attached hydrogen (secondary N) is 1. The Hall–Kier alpha value is -2.16. The average Bonchev–Trinajstić information content (AvgIpc) is 2.46. The van der Waals surface area contributed by atoms with Crippen LogP contribution in [0.1, 0.15) is 5.56 Å². The molecular formula is C16H20N2O. The Bertz CT molecular complexity index is 566. The number of ether oxygens (including phenoxy) is 1. The van der Waals surface area contributed by atoms with Crippen LogP contribution in [0.15, 0.2) is 42.5 Å². The summed E-state index contributed by atoms with van der Waals surface area (Å²) in [5.74, 6) is 0.878. The van der Waals surface area contributed by atoms with Crippen LogP contribution in [0.5, 0.6) is 5.75 Å². The predicted octanol–water partition coefficient (Wildman–Crippen LogP) is 3.81. The lowest BCUT2D eigenvalue weighted by Crippen LogP contribution is -2.11. The summed E-state index contributed by atoms with van der Waals surface area (Å²) in [6, 6.07) is 14.5. The Balaban J connectivity index is 2.42. The summed E-state index contributed by atoms with van der Waals surface area (Å²) in [7, 11) is 5.67. The van der Waals surface area contributed by atoms with E-state index in [9.17, 15) is 0 Å². The molecular weight excluding hydrogens is 236 g/mol. The second kappa shape index (κ2) is 5.65. The molecule has 0 aliphatic rings. The summed E-state index contributed by atoms with van der Waals surface area (Å²) >= 11 is 0. The highest BCUT2D eigenvalue weighted by Crippen LogP contribution is 2.34. The summed E-state index contributed by atoms with van der Waals surface area (Å²) in [4.78, 5) is 2.13. The lowest BCUT2D eigenvalue weighted by molar-refractivity contribution is 0.415. The quantitative estimate of drug-likeness (QED) is 0.900. The monoisotopic (exact) mass is 256 g/mol. The van der Waals surface area contributed by atoms with Crippen molar-refractivity contribution in [2.24, 2.45) is 0 Å². The van der Waals surface area contributed by atoms with E-state index in [2.05, 4.69) is 41.4 Å². The summed E-state index contributed by atoms with van der Waals surface area (Å²) in [5, 5.41) is 3.16. The molecule has 100 valence electrons. The maximum Gasteiger partial charge on any atom is 0.142 e. The van der Waals surface area contributed by atoms with Gasteiger partial charge < -0.3 is 15.0 Å². The Labute approximate surface area is 114 Å². The Morgan fingerprint density at radius 3 is 2.58 bits per heavy atom. The van der Waals surface area contributed by atoms with Gasteiger partial charge in [-0.1, -0.05) is 12.1 Å². The number of hydrogen-bond donors (Lipinski definition) is 1. The molecule has 1 N–H and O–H groups in total. The van der Waals surface area contributed by atoms with Gasteiger partial charge in [0.1, 0.15) is 5.75 Å². The van der Waals surface area contributed by atoms with E-state index < -0.39 is 0 Å². The fraction of sp³-hybridized carbons (Fsp3) is 0.250. The van der Waals surface area contributed by atoms with Crippen molar-refractivity contribution < 1.29 is 4.74 Å². The van der Waals surface area contributed by atoms with E-state index >= 15 is 0 Å². The van der Waals surface area contributed by atoms with Crippen molar-refractivity contribution >= 4 is 17.1 Å². The fourth-order valence-corrected chi connectivity index (χ4v) is 2.07. The third-order valence-electron chi connectivity index (χ3n) is 3.22. The van der Waals surface area contributed by atoms with Gasteiger partial charge in [0.25, 0.3) is 0 Å². The molecule has 3 heteroatoms. The summed E-state index contributed by atoms with van der Waals surface area (Å²) in [6.07, 6.45) is 0. The zero-order chi connectivity index (χ0) is 13.8. The van der Waals surface area contributed by atoms with Crippen molar-refractivity contribution in [1.29, 1.82) is 0 Å². The van der Waals surface area contributed by atoms with E-state index in [0.29, 0.717) is 0 Å². The van der Waals surface area contributed by atoms with Crippen LogP contribution >= 0.6 is 0 Å². The molecule has 0 bridgehead atoms. The van der Waals surface area contributed by atoms with Gasteiger partial charge in [0, 0.05) is 25.5 Å². The van der Waals surface area contributed by atoms with Gasteiger partial charge in [-0.05, 0) is 42.8 Å². The zero-order valence-electron chi connectivity index (χ0n) is 11.9. The molecule has 2 aromatic carbocycles. The van der Waals surface area contributed by atoms with Crippen LogP contribution in [-0.4, -0.2) is 21.2 Å². The SMILES string of the molecule is CNc1cccc(N(C)c2cc(C)ccc2OC)c1. The van der Waals surface area contributed by atoms with E-state index in [1.807, 2.05) is 32.3 Å². The molecule has 0 amide bonds. The Morgan fingerprint density at radius 2 is 1.89 bits per heavy atom. The Morgan fingerprint density at radius 1 is 1.11 bits per heavy atom. The molecule has 0 spiro atoms. The standard InChI is InChI=1S/C16H20N2O/c1-12-8-9-16(19-4)15(10-12)18(3)14-7-5-6-13(11-14)17-2/h5-11,17H,1-4H3. The van der Waals surface area contributed by atoms with Crippen molar-refractivity contribution in [3.05, 3.63) is 48.0 Å². The minimum Gasteiger partial charge on any atom is -0.495 e. The molecule has 0 saturated carbocycles. The van der Waals surface area contributed by atoms with Crippen LogP contribution in [0.25, 0.3) is 0 Å². The normalized spacial score (nSPS) is 10.1. The first-order chi connectivity index (χ1) is 9.15. The molecule has 2 rings (SSSR count). The van der Waals surface area contributed by atoms with Crippen LogP contribution in [0.2, 0.25) is 0 Å². The lowest BCUT2D eigenvalue weighted by atomic mass is 10.1. The molecule has 3 nitrogen and oxygen atoms in total. The first-order valence-electron chi connectivity index (χ1n) is 6.32.